The molecule has 2 aromatic carbocycles. The highest BCUT2D eigenvalue weighted by molar-refractivity contribution is 7.92. The Labute approximate surface area is 209 Å². The van der Waals surface area contributed by atoms with E-state index in [0.29, 0.717) is 37.4 Å². The van der Waals surface area contributed by atoms with Gasteiger partial charge >= 0.3 is 0 Å². The van der Waals surface area contributed by atoms with Crippen LogP contribution in [0.4, 0.5) is 5.69 Å². The molecule has 2 amide bonds. The van der Waals surface area contributed by atoms with Crippen molar-refractivity contribution in [3.8, 4) is 5.75 Å². The summed E-state index contributed by atoms with van der Waals surface area (Å²) < 4.78 is 31.3. The topological polar surface area (TPSA) is 96.0 Å². The largest absolute Gasteiger partial charge is 0.497 e. The van der Waals surface area contributed by atoms with Crippen LogP contribution in [0.2, 0.25) is 0 Å². The molecule has 0 aliphatic heterocycles. The van der Waals surface area contributed by atoms with Gasteiger partial charge in [-0.15, -0.1) is 0 Å². The summed E-state index contributed by atoms with van der Waals surface area (Å²) in [5.41, 5.74) is 1.44. The molecule has 1 atom stereocenters. The normalized spacial score (nSPS) is 12.0. The van der Waals surface area contributed by atoms with E-state index in [1.165, 1.54) is 4.31 Å². The first-order valence-electron chi connectivity index (χ1n) is 11.9. The molecule has 35 heavy (non-hydrogen) atoms. The molecule has 0 fully saturated rings. The van der Waals surface area contributed by atoms with Gasteiger partial charge in [0.05, 0.1) is 19.1 Å². The molecule has 192 valence electrons. The summed E-state index contributed by atoms with van der Waals surface area (Å²) >= 11 is 0. The number of carbonyl (C=O) groups excluding carboxylic acids is 2. The van der Waals surface area contributed by atoms with Gasteiger partial charge in [0.25, 0.3) is 0 Å². The Kier molecular flexibility index (Phi) is 11.0. The highest BCUT2D eigenvalue weighted by Gasteiger charge is 2.28. The summed E-state index contributed by atoms with van der Waals surface area (Å²) in [5.74, 6) is 0.269. The highest BCUT2D eigenvalue weighted by atomic mass is 32.2. The first-order chi connectivity index (χ1) is 16.7. The summed E-state index contributed by atoms with van der Waals surface area (Å²) in [7, 11) is -2.00. The van der Waals surface area contributed by atoms with Gasteiger partial charge in [0.2, 0.25) is 21.8 Å². The molecular formula is C26H37N3O5S. The predicted octanol–water partition coefficient (Wildman–Crippen LogP) is 3.58. The van der Waals surface area contributed by atoms with E-state index in [1.54, 1.807) is 36.3 Å². The molecular weight excluding hydrogens is 466 g/mol. The molecule has 2 rings (SSSR count). The van der Waals surface area contributed by atoms with Gasteiger partial charge in [-0.05, 0) is 49.1 Å². The number of hydrogen-bond donors (Lipinski definition) is 1. The molecule has 0 saturated heterocycles. The lowest BCUT2D eigenvalue weighted by molar-refractivity contribution is -0.141. The Balaban J connectivity index is 2.16. The first kappa shape index (κ1) is 28.2. The number of amides is 2. The summed E-state index contributed by atoms with van der Waals surface area (Å²) in [4.78, 5) is 27.8. The number of benzene rings is 2. The van der Waals surface area contributed by atoms with Crippen LogP contribution in [-0.4, -0.2) is 57.6 Å². The molecule has 0 aromatic heterocycles. The maximum atomic E-state index is 13.3. The zero-order chi connectivity index (χ0) is 25.8. The Hall–Kier alpha value is -3.07. The van der Waals surface area contributed by atoms with Crippen LogP contribution in [0.3, 0.4) is 0 Å². The van der Waals surface area contributed by atoms with Crippen LogP contribution in [0.25, 0.3) is 0 Å². The average Bonchev–Trinajstić information content (AvgIpc) is 2.85. The second-order valence-electron chi connectivity index (χ2n) is 8.36. The van der Waals surface area contributed by atoms with Gasteiger partial charge in [0.15, 0.2) is 0 Å². The standard InChI is InChI=1S/C26H37N3O5S/c1-5-18-27-26(31)24(6-2)28(20-21-11-8-7-9-12-21)25(30)13-10-19-29(35(4,32)33)22-14-16-23(34-3)17-15-22/h7-9,11-12,14-17,24H,5-6,10,13,18-20H2,1-4H3,(H,27,31). The number of hydrogen-bond acceptors (Lipinski definition) is 5. The Morgan fingerprint density at radius 1 is 1.03 bits per heavy atom. The smallest absolute Gasteiger partial charge is 0.242 e. The van der Waals surface area contributed by atoms with E-state index >= 15 is 0 Å². The molecule has 0 saturated carbocycles. The van der Waals surface area contributed by atoms with Crippen molar-refractivity contribution in [1.82, 2.24) is 10.2 Å². The van der Waals surface area contributed by atoms with E-state index in [-0.39, 0.29) is 24.8 Å². The molecule has 0 aliphatic carbocycles. The molecule has 9 heteroatoms. The maximum absolute atomic E-state index is 13.3. The predicted molar refractivity (Wildman–Crippen MR) is 139 cm³/mol. The number of ether oxygens (including phenoxy) is 1. The van der Waals surface area contributed by atoms with Gasteiger partial charge in [-0.3, -0.25) is 13.9 Å². The molecule has 1 unspecified atom stereocenters. The number of methoxy groups -OCH3 is 1. The zero-order valence-electron chi connectivity index (χ0n) is 21.1. The maximum Gasteiger partial charge on any atom is 0.242 e. The lowest BCUT2D eigenvalue weighted by Crippen LogP contribution is -2.49. The first-order valence-corrected chi connectivity index (χ1v) is 13.8. The third-order valence-corrected chi connectivity index (χ3v) is 6.84. The van der Waals surface area contributed by atoms with Gasteiger partial charge in [0.1, 0.15) is 11.8 Å². The number of sulfonamides is 1. The van der Waals surface area contributed by atoms with E-state index in [4.69, 9.17) is 4.74 Å². The summed E-state index contributed by atoms with van der Waals surface area (Å²) in [6.07, 6.45) is 2.87. The molecule has 0 aliphatic rings. The minimum atomic E-state index is -3.55. The average molecular weight is 504 g/mol. The Bertz CT molecular complexity index is 1040. The minimum Gasteiger partial charge on any atom is -0.497 e. The molecule has 2 aromatic rings. The summed E-state index contributed by atoms with van der Waals surface area (Å²) in [6, 6.07) is 15.7. The number of rotatable bonds is 14. The zero-order valence-corrected chi connectivity index (χ0v) is 21.9. The van der Waals surface area contributed by atoms with E-state index in [1.807, 2.05) is 44.2 Å². The van der Waals surface area contributed by atoms with Crippen LogP contribution in [0, 0.1) is 0 Å². The van der Waals surface area contributed by atoms with Crippen LogP contribution < -0.4 is 14.4 Å². The van der Waals surface area contributed by atoms with Gasteiger partial charge in [-0.2, -0.15) is 0 Å². The fourth-order valence-corrected chi connectivity index (χ4v) is 4.78. The van der Waals surface area contributed by atoms with Gasteiger partial charge in [0, 0.05) is 26.1 Å². The van der Waals surface area contributed by atoms with Crippen molar-refractivity contribution in [3.63, 3.8) is 0 Å². The van der Waals surface area contributed by atoms with Gasteiger partial charge < -0.3 is 15.0 Å². The third kappa shape index (κ3) is 8.58. The van der Waals surface area contributed by atoms with Crippen molar-refractivity contribution < 1.29 is 22.7 Å². The van der Waals surface area contributed by atoms with E-state index in [9.17, 15) is 18.0 Å². The van der Waals surface area contributed by atoms with Crippen molar-refractivity contribution in [1.29, 1.82) is 0 Å². The lowest BCUT2D eigenvalue weighted by Gasteiger charge is -2.31. The van der Waals surface area contributed by atoms with E-state index in [2.05, 4.69) is 5.32 Å². The number of anilines is 1. The van der Waals surface area contributed by atoms with Gasteiger partial charge in [-0.1, -0.05) is 44.2 Å². The fourth-order valence-electron chi connectivity index (χ4n) is 3.82. The van der Waals surface area contributed by atoms with Crippen LogP contribution in [-0.2, 0) is 26.2 Å². The van der Waals surface area contributed by atoms with Crippen LogP contribution in [0.5, 0.6) is 5.75 Å². The second-order valence-corrected chi connectivity index (χ2v) is 10.3. The molecule has 8 nitrogen and oxygen atoms in total. The van der Waals surface area contributed by atoms with Crippen LogP contribution >= 0.6 is 0 Å². The molecule has 0 heterocycles. The second kappa shape index (κ2) is 13.7. The van der Waals surface area contributed by atoms with Crippen molar-refractivity contribution >= 4 is 27.5 Å². The molecule has 0 spiro atoms. The van der Waals surface area contributed by atoms with E-state index in [0.717, 1.165) is 18.2 Å². The lowest BCUT2D eigenvalue weighted by atomic mass is 10.1. The molecule has 0 radical (unpaired) electrons. The fraction of sp³-hybridized carbons (Fsp3) is 0.462. The molecule has 1 N–H and O–H groups in total. The minimum absolute atomic E-state index is 0.118. The van der Waals surface area contributed by atoms with Crippen molar-refractivity contribution in [2.75, 3.05) is 30.8 Å². The highest BCUT2D eigenvalue weighted by Crippen LogP contribution is 2.22. The Morgan fingerprint density at radius 3 is 2.23 bits per heavy atom. The Morgan fingerprint density at radius 2 is 1.69 bits per heavy atom. The van der Waals surface area contributed by atoms with Crippen molar-refractivity contribution in [2.45, 2.75) is 52.1 Å². The van der Waals surface area contributed by atoms with Crippen LogP contribution in [0.1, 0.15) is 45.1 Å². The number of carbonyl (C=O) groups is 2. The summed E-state index contributed by atoms with van der Waals surface area (Å²) in [5, 5.41) is 2.90. The molecule has 0 bridgehead atoms. The van der Waals surface area contributed by atoms with Crippen molar-refractivity contribution in [3.05, 3.63) is 60.2 Å². The number of nitrogens with one attached hydrogen (secondary N) is 1. The third-order valence-electron chi connectivity index (χ3n) is 5.64. The monoisotopic (exact) mass is 503 g/mol. The quantitative estimate of drug-likeness (QED) is 0.425. The SMILES string of the molecule is CCCNC(=O)C(CC)N(Cc1ccccc1)C(=O)CCCN(c1ccc(OC)cc1)S(C)(=O)=O. The summed E-state index contributed by atoms with van der Waals surface area (Å²) in [6.45, 7) is 4.87. The van der Waals surface area contributed by atoms with Gasteiger partial charge in [-0.25, -0.2) is 8.42 Å². The van der Waals surface area contributed by atoms with E-state index < -0.39 is 16.1 Å². The van der Waals surface area contributed by atoms with Crippen LogP contribution in [0.15, 0.2) is 54.6 Å². The van der Waals surface area contributed by atoms with Crippen molar-refractivity contribution in [2.24, 2.45) is 0 Å². The number of nitrogens with zero attached hydrogens (tertiary/aromatic N) is 2.